The Morgan fingerprint density at radius 2 is 1.89 bits per heavy atom. The first-order chi connectivity index (χ1) is 8.65. The van der Waals surface area contributed by atoms with Gasteiger partial charge in [-0.2, -0.15) is 5.10 Å². The molecule has 3 heterocycles. The van der Waals surface area contributed by atoms with E-state index in [1.54, 1.807) is 11.0 Å². The van der Waals surface area contributed by atoms with Crippen molar-refractivity contribution in [2.45, 2.75) is 20.3 Å². The van der Waals surface area contributed by atoms with Crippen LogP contribution in [0.15, 0.2) is 12.5 Å². The highest BCUT2D eigenvalue weighted by molar-refractivity contribution is 5.86. The van der Waals surface area contributed by atoms with Gasteiger partial charge in [0.1, 0.15) is 12.1 Å². The third-order valence-corrected chi connectivity index (χ3v) is 3.68. The lowest BCUT2D eigenvalue weighted by atomic mass is 9.92. The second-order valence-corrected chi connectivity index (χ2v) is 5.55. The summed E-state index contributed by atoms with van der Waals surface area (Å²) in [5.41, 5.74) is 0.908. The smallest absolute Gasteiger partial charge is 0.163 e. The zero-order valence-corrected chi connectivity index (χ0v) is 11.2. The van der Waals surface area contributed by atoms with Crippen molar-refractivity contribution in [1.29, 1.82) is 0 Å². The molecule has 1 aliphatic rings. The number of anilines is 1. The van der Waals surface area contributed by atoms with Crippen LogP contribution < -0.4 is 4.90 Å². The first-order valence-electron chi connectivity index (χ1n) is 6.53. The third kappa shape index (κ3) is 1.83. The average Bonchev–Trinajstić information content (AvgIpc) is 2.70. The molecular formula is C13H19N5. The quantitative estimate of drug-likeness (QED) is 0.769. The number of hydrogen-bond acceptors (Lipinski definition) is 4. The van der Waals surface area contributed by atoms with Gasteiger partial charge in [0.25, 0.3) is 0 Å². The number of aromatic nitrogens is 4. The molecule has 0 saturated carbocycles. The van der Waals surface area contributed by atoms with Crippen LogP contribution in [0.2, 0.25) is 0 Å². The fraction of sp³-hybridized carbons (Fsp3) is 0.615. The summed E-state index contributed by atoms with van der Waals surface area (Å²) in [6.45, 7) is 6.77. The maximum absolute atomic E-state index is 4.47. The van der Waals surface area contributed by atoms with Crippen LogP contribution in [0.4, 0.5) is 5.82 Å². The Bertz CT molecular complexity index is 552. The van der Waals surface area contributed by atoms with E-state index in [0.29, 0.717) is 0 Å². The summed E-state index contributed by atoms with van der Waals surface area (Å²) in [5, 5.41) is 5.33. The molecule has 2 aromatic rings. The molecule has 0 aromatic carbocycles. The fourth-order valence-electron chi connectivity index (χ4n) is 3.04. The molecule has 18 heavy (non-hydrogen) atoms. The Kier molecular flexibility index (Phi) is 2.69. The molecule has 2 atom stereocenters. The SMILES string of the molecule is C[C@H]1C[C@H](C)CN(c2ncnc3c2cnn3C)C1. The molecule has 1 saturated heterocycles. The van der Waals surface area contributed by atoms with Crippen LogP contribution in [-0.2, 0) is 7.05 Å². The zero-order chi connectivity index (χ0) is 12.7. The van der Waals surface area contributed by atoms with Crippen LogP contribution in [0, 0.1) is 11.8 Å². The maximum Gasteiger partial charge on any atom is 0.163 e. The van der Waals surface area contributed by atoms with Crippen LogP contribution in [0.5, 0.6) is 0 Å². The van der Waals surface area contributed by atoms with Crippen LogP contribution in [-0.4, -0.2) is 32.8 Å². The van der Waals surface area contributed by atoms with E-state index in [-0.39, 0.29) is 0 Å². The average molecular weight is 245 g/mol. The molecule has 1 fully saturated rings. The van der Waals surface area contributed by atoms with Gasteiger partial charge in [-0.05, 0) is 18.3 Å². The maximum atomic E-state index is 4.47. The van der Waals surface area contributed by atoms with E-state index in [0.717, 1.165) is 41.8 Å². The highest BCUT2D eigenvalue weighted by Gasteiger charge is 2.24. The van der Waals surface area contributed by atoms with Crippen LogP contribution in [0.3, 0.4) is 0 Å². The highest BCUT2D eigenvalue weighted by atomic mass is 15.3. The summed E-state index contributed by atoms with van der Waals surface area (Å²) >= 11 is 0. The molecule has 5 nitrogen and oxygen atoms in total. The molecule has 2 aromatic heterocycles. The minimum absolute atomic E-state index is 0.718. The van der Waals surface area contributed by atoms with E-state index in [4.69, 9.17) is 0 Å². The Balaban J connectivity index is 2.03. The van der Waals surface area contributed by atoms with E-state index < -0.39 is 0 Å². The first-order valence-corrected chi connectivity index (χ1v) is 6.53. The van der Waals surface area contributed by atoms with Crippen molar-refractivity contribution in [2.75, 3.05) is 18.0 Å². The van der Waals surface area contributed by atoms with Crippen LogP contribution in [0.25, 0.3) is 11.0 Å². The number of nitrogens with zero attached hydrogens (tertiary/aromatic N) is 5. The fourth-order valence-corrected chi connectivity index (χ4v) is 3.04. The number of rotatable bonds is 1. The van der Waals surface area contributed by atoms with Crippen molar-refractivity contribution in [2.24, 2.45) is 18.9 Å². The number of piperidine rings is 1. The van der Waals surface area contributed by atoms with Crippen molar-refractivity contribution in [3.63, 3.8) is 0 Å². The first kappa shape index (κ1) is 11.4. The molecule has 0 unspecified atom stereocenters. The summed E-state index contributed by atoms with van der Waals surface area (Å²) < 4.78 is 1.80. The van der Waals surface area contributed by atoms with Crippen molar-refractivity contribution < 1.29 is 0 Å². The largest absolute Gasteiger partial charge is 0.355 e. The van der Waals surface area contributed by atoms with Crippen molar-refractivity contribution in [1.82, 2.24) is 19.7 Å². The lowest BCUT2D eigenvalue weighted by molar-refractivity contribution is 0.356. The predicted molar refractivity (Wildman–Crippen MR) is 71.5 cm³/mol. The normalized spacial score (nSPS) is 24.7. The molecule has 0 aliphatic carbocycles. The van der Waals surface area contributed by atoms with Gasteiger partial charge in [0, 0.05) is 20.1 Å². The Morgan fingerprint density at radius 3 is 2.61 bits per heavy atom. The summed E-state index contributed by atoms with van der Waals surface area (Å²) in [7, 11) is 1.92. The van der Waals surface area contributed by atoms with Crippen molar-refractivity contribution in [3.05, 3.63) is 12.5 Å². The summed E-state index contributed by atoms with van der Waals surface area (Å²) in [5.74, 6) is 2.47. The van der Waals surface area contributed by atoms with E-state index in [1.165, 1.54) is 6.42 Å². The lowest BCUT2D eigenvalue weighted by Gasteiger charge is -2.35. The molecule has 3 rings (SSSR count). The van der Waals surface area contributed by atoms with Crippen LogP contribution in [0.1, 0.15) is 20.3 Å². The monoisotopic (exact) mass is 245 g/mol. The molecule has 0 N–H and O–H groups in total. The van der Waals surface area contributed by atoms with E-state index in [1.807, 2.05) is 13.2 Å². The minimum Gasteiger partial charge on any atom is -0.355 e. The zero-order valence-electron chi connectivity index (χ0n) is 11.2. The second kappa shape index (κ2) is 4.23. The van der Waals surface area contributed by atoms with Crippen molar-refractivity contribution in [3.8, 4) is 0 Å². The van der Waals surface area contributed by atoms with Gasteiger partial charge < -0.3 is 4.90 Å². The molecule has 1 aliphatic heterocycles. The van der Waals surface area contributed by atoms with Gasteiger partial charge in [-0.3, -0.25) is 4.68 Å². The van der Waals surface area contributed by atoms with Gasteiger partial charge in [0.05, 0.1) is 11.6 Å². The number of fused-ring (bicyclic) bond motifs is 1. The number of aryl methyl sites for hydroxylation is 1. The Hall–Kier alpha value is -1.65. The van der Waals surface area contributed by atoms with E-state index in [9.17, 15) is 0 Å². The van der Waals surface area contributed by atoms with E-state index in [2.05, 4.69) is 33.8 Å². The standard InChI is InChI=1S/C13H19N5/c1-9-4-10(2)7-18(6-9)13-11-5-16-17(3)12(11)14-8-15-13/h5,8-10H,4,6-7H2,1-3H3/t9-,10-/m0/s1. The van der Waals surface area contributed by atoms with Gasteiger partial charge in [-0.1, -0.05) is 13.8 Å². The molecule has 5 heteroatoms. The Labute approximate surface area is 107 Å². The minimum atomic E-state index is 0.718. The molecule has 96 valence electrons. The Morgan fingerprint density at radius 1 is 1.17 bits per heavy atom. The van der Waals surface area contributed by atoms with E-state index >= 15 is 0 Å². The van der Waals surface area contributed by atoms with Gasteiger partial charge in [0.2, 0.25) is 0 Å². The van der Waals surface area contributed by atoms with Crippen molar-refractivity contribution >= 4 is 16.9 Å². The molecule has 0 spiro atoms. The molecule has 0 radical (unpaired) electrons. The lowest BCUT2D eigenvalue weighted by Crippen LogP contribution is -2.39. The molecule has 0 bridgehead atoms. The van der Waals surface area contributed by atoms with Gasteiger partial charge in [-0.25, -0.2) is 9.97 Å². The number of hydrogen-bond donors (Lipinski definition) is 0. The highest BCUT2D eigenvalue weighted by Crippen LogP contribution is 2.28. The topological polar surface area (TPSA) is 46.8 Å². The molecular weight excluding hydrogens is 226 g/mol. The molecule has 0 amide bonds. The predicted octanol–water partition coefficient (Wildman–Crippen LogP) is 1.85. The van der Waals surface area contributed by atoms with Gasteiger partial charge in [-0.15, -0.1) is 0 Å². The third-order valence-electron chi connectivity index (χ3n) is 3.68. The summed E-state index contributed by atoms with van der Waals surface area (Å²) in [6, 6.07) is 0. The summed E-state index contributed by atoms with van der Waals surface area (Å²) in [4.78, 5) is 11.2. The second-order valence-electron chi connectivity index (χ2n) is 5.55. The summed E-state index contributed by atoms with van der Waals surface area (Å²) in [6.07, 6.45) is 4.82. The van der Waals surface area contributed by atoms with Crippen LogP contribution >= 0.6 is 0 Å². The van der Waals surface area contributed by atoms with Gasteiger partial charge in [0.15, 0.2) is 5.65 Å². The van der Waals surface area contributed by atoms with Gasteiger partial charge >= 0.3 is 0 Å².